The quantitative estimate of drug-likeness (QED) is 0.327. The fraction of sp³-hybridized carbons (Fsp3) is 0.833. The van der Waals surface area contributed by atoms with E-state index < -0.39 is 0 Å². The van der Waals surface area contributed by atoms with Gasteiger partial charge in [-0.25, -0.2) is 0 Å². The lowest BCUT2D eigenvalue weighted by atomic mass is 10.0. The summed E-state index contributed by atoms with van der Waals surface area (Å²) in [6.45, 7) is 2.20. The van der Waals surface area contributed by atoms with Crippen LogP contribution in [0.3, 0.4) is 0 Å². The Balaban J connectivity index is 1.87. The van der Waals surface area contributed by atoms with Crippen molar-refractivity contribution in [1.29, 1.82) is 0 Å². The molecule has 21 heavy (non-hydrogen) atoms. The highest BCUT2D eigenvalue weighted by Gasteiger charge is 2.22. The fourth-order valence-electron chi connectivity index (χ4n) is 2.73. The summed E-state index contributed by atoms with van der Waals surface area (Å²) in [5, 5.41) is 9.82. The summed E-state index contributed by atoms with van der Waals surface area (Å²) in [6.07, 6.45) is 16.7. The molecule has 2 atom stereocenters. The van der Waals surface area contributed by atoms with Crippen molar-refractivity contribution in [3.05, 3.63) is 12.2 Å². The highest BCUT2D eigenvalue weighted by molar-refractivity contribution is 5.71. The van der Waals surface area contributed by atoms with E-state index in [4.69, 9.17) is 4.74 Å². The van der Waals surface area contributed by atoms with E-state index in [9.17, 15) is 9.90 Å². The van der Waals surface area contributed by atoms with Gasteiger partial charge >= 0.3 is 5.97 Å². The third-order valence-corrected chi connectivity index (χ3v) is 4.08. The van der Waals surface area contributed by atoms with Crippen molar-refractivity contribution in [1.82, 2.24) is 0 Å². The lowest BCUT2D eigenvalue weighted by Gasteiger charge is -2.09. The van der Waals surface area contributed by atoms with E-state index in [-0.39, 0.29) is 18.2 Å². The van der Waals surface area contributed by atoms with Gasteiger partial charge in [-0.1, -0.05) is 51.2 Å². The van der Waals surface area contributed by atoms with Gasteiger partial charge in [0.2, 0.25) is 0 Å². The third kappa shape index (κ3) is 9.67. The normalized spacial score (nSPS) is 20.1. The van der Waals surface area contributed by atoms with Gasteiger partial charge in [-0.05, 0) is 38.5 Å². The van der Waals surface area contributed by atoms with Crippen LogP contribution in [0.15, 0.2) is 12.2 Å². The molecule has 1 saturated heterocycles. The molecule has 1 N–H and O–H groups in total. The third-order valence-electron chi connectivity index (χ3n) is 4.08. The van der Waals surface area contributed by atoms with Crippen LogP contribution >= 0.6 is 0 Å². The first-order valence-electron chi connectivity index (χ1n) is 8.76. The second-order valence-corrected chi connectivity index (χ2v) is 6.13. The zero-order valence-corrected chi connectivity index (χ0v) is 13.6. The summed E-state index contributed by atoms with van der Waals surface area (Å²) in [4.78, 5) is 11.0. The number of ether oxygens (including phenoxy) is 1. The molecule has 0 unspecified atom stereocenters. The minimum Gasteiger partial charge on any atom is -0.462 e. The second kappa shape index (κ2) is 11.8. The summed E-state index contributed by atoms with van der Waals surface area (Å²) in [7, 11) is 0. The minimum atomic E-state index is -0.276. The van der Waals surface area contributed by atoms with Gasteiger partial charge in [0.05, 0.1) is 6.10 Å². The van der Waals surface area contributed by atoms with Gasteiger partial charge in [0.15, 0.2) is 0 Å². The molecule has 1 heterocycles. The number of esters is 1. The number of aliphatic hydroxyl groups excluding tert-OH is 1. The van der Waals surface area contributed by atoms with Gasteiger partial charge < -0.3 is 9.84 Å². The molecule has 0 amide bonds. The number of rotatable bonds is 12. The van der Waals surface area contributed by atoms with Crippen LogP contribution in [0, 0.1) is 0 Å². The summed E-state index contributed by atoms with van der Waals surface area (Å²) < 4.78 is 5.19. The molecular weight excluding hydrogens is 264 g/mol. The van der Waals surface area contributed by atoms with E-state index in [0.717, 1.165) is 44.9 Å². The smallest absolute Gasteiger partial charge is 0.306 e. The molecule has 122 valence electrons. The monoisotopic (exact) mass is 296 g/mol. The summed E-state index contributed by atoms with van der Waals surface area (Å²) in [5.41, 5.74) is 0. The van der Waals surface area contributed by atoms with Crippen molar-refractivity contribution >= 4 is 5.97 Å². The zero-order chi connectivity index (χ0) is 15.3. The van der Waals surface area contributed by atoms with Crippen LogP contribution in [-0.4, -0.2) is 23.3 Å². The first kappa shape index (κ1) is 18.2. The number of aliphatic hydroxyl groups is 1. The molecule has 0 spiro atoms. The van der Waals surface area contributed by atoms with E-state index in [0.29, 0.717) is 6.42 Å². The SMILES string of the molecule is CCCCC/C=C/[C@@H](O)CCCCCC[C@H]1CCC(=O)O1. The molecule has 0 aromatic rings. The van der Waals surface area contributed by atoms with Crippen LogP contribution in [0.5, 0.6) is 0 Å². The lowest BCUT2D eigenvalue weighted by molar-refractivity contribution is -0.141. The van der Waals surface area contributed by atoms with E-state index >= 15 is 0 Å². The van der Waals surface area contributed by atoms with Crippen molar-refractivity contribution in [2.24, 2.45) is 0 Å². The molecule has 1 rings (SSSR count). The van der Waals surface area contributed by atoms with Gasteiger partial charge in [-0.3, -0.25) is 4.79 Å². The first-order valence-corrected chi connectivity index (χ1v) is 8.76. The maximum atomic E-state index is 11.0. The predicted molar refractivity (Wildman–Crippen MR) is 86.1 cm³/mol. The Hall–Kier alpha value is -0.830. The van der Waals surface area contributed by atoms with Crippen molar-refractivity contribution in [3.8, 4) is 0 Å². The summed E-state index contributed by atoms with van der Waals surface area (Å²) >= 11 is 0. The minimum absolute atomic E-state index is 0.0335. The van der Waals surface area contributed by atoms with E-state index in [1.165, 1.54) is 25.7 Å². The predicted octanol–water partition coefficient (Wildman–Crippen LogP) is 4.53. The molecule has 0 saturated carbocycles. The van der Waals surface area contributed by atoms with Crippen LogP contribution in [0.2, 0.25) is 0 Å². The van der Waals surface area contributed by atoms with Crippen molar-refractivity contribution in [3.63, 3.8) is 0 Å². The van der Waals surface area contributed by atoms with Gasteiger partial charge in [0, 0.05) is 6.42 Å². The Morgan fingerprint density at radius 3 is 2.76 bits per heavy atom. The van der Waals surface area contributed by atoms with Crippen LogP contribution in [0.25, 0.3) is 0 Å². The summed E-state index contributed by atoms with van der Waals surface area (Å²) in [6, 6.07) is 0. The first-order chi connectivity index (χ1) is 10.2. The van der Waals surface area contributed by atoms with Crippen LogP contribution < -0.4 is 0 Å². The molecule has 1 aliphatic heterocycles. The molecular formula is C18H32O3. The number of hydrogen-bond donors (Lipinski definition) is 1. The molecule has 1 fully saturated rings. The van der Waals surface area contributed by atoms with Crippen LogP contribution in [0.4, 0.5) is 0 Å². The number of cyclic esters (lactones) is 1. The van der Waals surface area contributed by atoms with Crippen molar-refractivity contribution < 1.29 is 14.6 Å². The molecule has 1 aliphatic rings. The Morgan fingerprint density at radius 2 is 2.05 bits per heavy atom. The Labute approximate surface area is 129 Å². The molecule has 0 bridgehead atoms. The lowest BCUT2D eigenvalue weighted by Crippen LogP contribution is -2.06. The average Bonchev–Trinajstić information content (AvgIpc) is 2.88. The Kier molecular flexibility index (Phi) is 10.2. The molecule has 0 aromatic heterocycles. The standard InChI is InChI=1S/C18H32O3/c1-2-3-4-5-8-11-16(19)12-9-6-7-10-13-17-14-15-18(20)21-17/h8,11,16-17,19H,2-7,9-10,12-15H2,1H3/b11-8+/t16-,17+/m1/s1. The number of carbonyl (C=O) groups is 1. The Bertz CT molecular complexity index is 299. The number of hydrogen-bond acceptors (Lipinski definition) is 3. The molecule has 0 aromatic carbocycles. The highest BCUT2D eigenvalue weighted by atomic mass is 16.5. The van der Waals surface area contributed by atoms with Gasteiger partial charge in [-0.2, -0.15) is 0 Å². The van der Waals surface area contributed by atoms with Gasteiger partial charge in [0.25, 0.3) is 0 Å². The molecule has 3 nitrogen and oxygen atoms in total. The maximum absolute atomic E-state index is 11.0. The topological polar surface area (TPSA) is 46.5 Å². The van der Waals surface area contributed by atoms with Gasteiger partial charge in [-0.15, -0.1) is 0 Å². The Morgan fingerprint density at radius 1 is 1.24 bits per heavy atom. The molecule has 3 heteroatoms. The number of unbranched alkanes of at least 4 members (excludes halogenated alkanes) is 6. The van der Waals surface area contributed by atoms with Crippen molar-refractivity contribution in [2.45, 2.75) is 96.2 Å². The fourth-order valence-corrected chi connectivity index (χ4v) is 2.73. The van der Waals surface area contributed by atoms with Crippen molar-refractivity contribution in [2.75, 3.05) is 0 Å². The maximum Gasteiger partial charge on any atom is 0.306 e. The zero-order valence-electron chi connectivity index (χ0n) is 13.6. The number of allylic oxidation sites excluding steroid dienone is 1. The number of carbonyl (C=O) groups excluding carboxylic acids is 1. The highest BCUT2D eigenvalue weighted by Crippen LogP contribution is 2.20. The second-order valence-electron chi connectivity index (χ2n) is 6.13. The molecule has 0 aliphatic carbocycles. The largest absolute Gasteiger partial charge is 0.462 e. The van der Waals surface area contributed by atoms with Crippen LogP contribution in [-0.2, 0) is 9.53 Å². The van der Waals surface area contributed by atoms with Gasteiger partial charge in [0.1, 0.15) is 6.10 Å². The van der Waals surface area contributed by atoms with E-state index in [1.807, 2.05) is 6.08 Å². The van der Waals surface area contributed by atoms with E-state index in [2.05, 4.69) is 13.0 Å². The van der Waals surface area contributed by atoms with Crippen LogP contribution in [0.1, 0.15) is 84.0 Å². The van der Waals surface area contributed by atoms with E-state index in [1.54, 1.807) is 0 Å². The average molecular weight is 296 g/mol. The summed E-state index contributed by atoms with van der Waals surface area (Å²) in [5.74, 6) is -0.0335. The molecule has 0 radical (unpaired) electrons.